The van der Waals surface area contributed by atoms with Crippen molar-refractivity contribution in [1.29, 1.82) is 0 Å². The van der Waals surface area contributed by atoms with E-state index < -0.39 is 0 Å². The summed E-state index contributed by atoms with van der Waals surface area (Å²) < 4.78 is 0. The third-order valence-corrected chi connectivity index (χ3v) is 2.61. The maximum atomic E-state index is 9.77. The molecule has 1 heterocycles. The maximum Gasteiger partial charge on any atom is 0.110 e. The molecule has 2 atom stereocenters. The molecule has 1 aliphatic heterocycles. The zero-order valence-corrected chi connectivity index (χ0v) is 8.32. The number of hydrogen-bond donors (Lipinski definition) is 1. The first-order chi connectivity index (χ1) is 5.61. The molecule has 1 saturated heterocycles. The lowest BCUT2D eigenvalue weighted by Gasteiger charge is -2.35. The largest absolute Gasteiger partial charge is 0.378 e. The van der Waals surface area contributed by atoms with Crippen LogP contribution in [0, 0.1) is 5.92 Å². The van der Waals surface area contributed by atoms with Gasteiger partial charge in [-0.1, -0.05) is 0 Å². The molecule has 1 rings (SSSR count). The van der Waals surface area contributed by atoms with Gasteiger partial charge in [-0.05, 0) is 40.5 Å². The Morgan fingerprint density at radius 2 is 2.17 bits per heavy atom. The Balaban J connectivity index is 2.40. The minimum atomic E-state index is -0.271. The Morgan fingerprint density at radius 1 is 1.50 bits per heavy atom. The van der Waals surface area contributed by atoms with Crippen LogP contribution in [-0.2, 0) is 0 Å². The zero-order valence-electron chi connectivity index (χ0n) is 8.32. The fourth-order valence-electron chi connectivity index (χ4n) is 1.87. The standard InChI is InChI=1S/C9H20N2O/c1-10(2)9(12)8-5-4-6-11(3)7-8/h8-9,12H,4-7H2,1-3H3. The molecular formula is C9H20N2O. The van der Waals surface area contributed by atoms with Crippen molar-refractivity contribution in [1.82, 2.24) is 9.80 Å². The summed E-state index contributed by atoms with van der Waals surface area (Å²) in [5.74, 6) is 0.429. The minimum Gasteiger partial charge on any atom is -0.378 e. The zero-order chi connectivity index (χ0) is 9.14. The third kappa shape index (κ3) is 2.44. The van der Waals surface area contributed by atoms with Crippen LogP contribution in [0.15, 0.2) is 0 Å². The molecule has 3 heteroatoms. The van der Waals surface area contributed by atoms with Crippen molar-refractivity contribution >= 4 is 0 Å². The highest BCUT2D eigenvalue weighted by atomic mass is 16.3. The summed E-state index contributed by atoms with van der Waals surface area (Å²) in [6, 6.07) is 0. The van der Waals surface area contributed by atoms with Crippen LogP contribution < -0.4 is 0 Å². The Kier molecular flexibility index (Phi) is 3.50. The van der Waals surface area contributed by atoms with E-state index in [1.807, 2.05) is 19.0 Å². The highest BCUT2D eigenvalue weighted by Crippen LogP contribution is 2.19. The molecule has 3 nitrogen and oxygen atoms in total. The molecule has 0 bridgehead atoms. The smallest absolute Gasteiger partial charge is 0.110 e. The van der Waals surface area contributed by atoms with Gasteiger partial charge in [0.2, 0.25) is 0 Å². The predicted octanol–water partition coefficient (Wildman–Crippen LogP) is 0.208. The second-order valence-electron chi connectivity index (χ2n) is 4.04. The Labute approximate surface area is 75.0 Å². The molecule has 72 valence electrons. The fourth-order valence-corrected chi connectivity index (χ4v) is 1.87. The van der Waals surface area contributed by atoms with Gasteiger partial charge in [0.25, 0.3) is 0 Å². The van der Waals surface area contributed by atoms with E-state index in [2.05, 4.69) is 11.9 Å². The normalized spacial score (nSPS) is 29.2. The van der Waals surface area contributed by atoms with Crippen LogP contribution in [0.2, 0.25) is 0 Å². The van der Waals surface area contributed by atoms with Gasteiger partial charge in [-0.25, -0.2) is 0 Å². The van der Waals surface area contributed by atoms with Crippen LogP contribution in [0.3, 0.4) is 0 Å². The Hall–Kier alpha value is -0.120. The lowest BCUT2D eigenvalue weighted by Crippen LogP contribution is -2.43. The number of likely N-dealkylation sites (tertiary alicyclic amines) is 1. The summed E-state index contributed by atoms with van der Waals surface area (Å²) in [4.78, 5) is 4.19. The van der Waals surface area contributed by atoms with Crippen molar-refractivity contribution in [3.8, 4) is 0 Å². The molecule has 0 aromatic rings. The van der Waals surface area contributed by atoms with E-state index in [1.165, 1.54) is 13.0 Å². The van der Waals surface area contributed by atoms with Crippen molar-refractivity contribution in [2.75, 3.05) is 34.2 Å². The first-order valence-corrected chi connectivity index (χ1v) is 4.64. The van der Waals surface area contributed by atoms with E-state index in [4.69, 9.17) is 0 Å². The minimum absolute atomic E-state index is 0.271. The lowest BCUT2D eigenvalue weighted by molar-refractivity contribution is -0.0331. The third-order valence-electron chi connectivity index (χ3n) is 2.61. The van der Waals surface area contributed by atoms with Crippen LogP contribution in [-0.4, -0.2) is 55.4 Å². The van der Waals surface area contributed by atoms with E-state index in [-0.39, 0.29) is 6.23 Å². The van der Waals surface area contributed by atoms with Gasteiger partial charge in [0, 0.05) is 12.5 Å². The summed E-state index contributed by atoms with van der Waals surface area (Å²) in [7, 11) is 5.98. The molecule has 0 amide bonds. The van der Waals surface area contributed by atoms with Crippen molar-refractivity contribution in [3.63, 3.8) is 0 Å². The number of aliphatic hydroxyl groups excluding tert-OH is 1. The van der Waals surface area contributed by atoms with Gasteiger partial charge in [-0.15, -0.1) is 0 Å². The van der Waals surface area contributed by atoms with Crippen LogP contribution in [0.4, 0.5) is 0 Å². The van der Waals surface area contributed by atoms with E-state index in [0.29, 0.717) is 5.92 Å². The Bertz CT molecular complexity index is 138. The summed E-state index contributed by atoms with van der Waals surface area (Å²) in [6.07, 6.45) is 2.10. The van der Waals surface area contributed by atoms with Gasteiger partial charge in [-0.2, -0.15) is 0 Å². The van der Waals surface area contributed by atoms with Crippen LogP contribution >= 0.6 is 0 Å². The molecular weight excluding hydrogens is 152 g/mol. The summed E-state index contributed by atoms with van der Waals surface area (Å²) in [5, 5.41) is 9.77. The van der Waals surface area contributed by atoms with Gasteiger partial charge in [0.05, 0.1) is 0 Å². The average molecular weight is 172 g/mol. The second-order valence-corrected chi connectivity index (χ2v) is 4.04. The van der Waals surface area contributed by atoms with Crippen LogP contribution in [0.1, 0.15) is 12.8 Å². The maximum absolute atomic E-state index is 9.77. The van der Waals surface area contributed by atoms with Crippen molar-refractivity contribution in [3.05, 3.63) is 0 Å². The number of rotatable bonds is 2. The molecule has 0 radical (unpaired) electrons. The lowest BCUT2D eigenvalue weighted by atomic mass is 9.96. The first-order valence-electron chi connectivity index (χ1n) is 4.64. The highest BCUT2D eigenvalue weighted by Gasteiger charge is 2.25. The monoisotopic (exact) mass is 172 g/mol. The van der Waals surface area contributed by atoms with Gasteiger partial charge < -0.3 is 10.0 Å². The van der Waals surface area contributed by atoms with E-state index >= 15 is 0 Å². The van der Waals surface area contributed by atoms with Gasteiger partial charge in [-0.3, -0.25) is 4.90 Å². The van der Waals surface area contributed by atoms with E-state index in [9.17, 15) is 5.11 Å². The van der Waals surface area contributed by atoms with Crippen molar-refractivity contribution < 1.29 is 5.11 Å². The highest BCUT2D eigenvalue weighted by molar-refractivity contribution is 4.75. The molecule has 0 aromatic carbocycles. The molecule has 12 heavy (non-hydrogen) atoms. The quantitative estimate of drug-likeness (QED) is 0.603. The molecule has 0 saturated carbocycles. The number of nitrogens with zero attached hydrogens (tertiary/aromatic N) is 2. The number of aliphatic hydroxyl groups is 1. The second kappa shape index (κ2) is 4.21. The van der Waals surface area contributed by atoms with Crippen molar-refractivity contribution in [2.45, 2.75) is 19.1 Å². The predicted molar refractivity (Wildman–Crippen MR) is 49.9 cm³/mol. The topological polar surface area (TPSA) is 26.7 Å². The van der Waals surface area contributed by atoms with Gasteiger partial charge in [0.15, 0.2) is 0 Å². The average Bonchev–Trinajstić information content (AvgIpc) is 2.03. The summed E-state index contributed by atoms with van der Waals surface area (Å²) in [6.45, 7) is 2.20. The summed E-state index contributed by atoms with van der Waals surface area (Å²) in [5.41, 5.74) is 0. The number of piperidine rings is 1. The van der Waals surface area contributed by atoms with Gasteiger partial charge >= 0.3 is 0 Å². The SMILES string of the molecule is CN1CCCC(C(O)N(C)C)C1. The van der Waals surface area contributed by atoms with E-state index in [1.54, 1.807) is 0 Å². The molecule has 1 N–H and O–H groups in total. The fraction of sp³-hybridized carbons (Fsp3) is 1.00. The van der Waals surface area contributed by atoms with Crippen LogP contribution in [0.25, 0.3) is 0 Å². The number of hydrogen-bond acceptors (Lipinski definition) is 3. The molecule has 1 aliphatic rings. The van der Waals surface area contributed by atoms with E-state index in [0.717, 1.165) is 13.0 Å². The van der Waals surface area contributed by atoms with Crippen molar-refractivity contribution in [2.24, 2.45) is 5.92 Å². The van der Waals surface area contributed by atoms with Crippen LogP contribution in [0.5, 0.6) is 0 Å². The summed E-state index contributed by atoms with van der Waals surface area (Å²) >= 11 is 0. The molecule has 2 unspecified atom stereocenters. The first kappa shape index (κ1) is 9.96. The van der Waals surface area contributed by atoms with Gasteiger partial charge in [0.1, 0.15) is 6.23 Å². The molecule has 0 aromatic heterocycles. The Morgan fingerprint density at radius 3 is 2.67 bits per heavy atom. The molecule has 0 spiro atoms. The molecule has 1 fully saturated rings. The molecule has 0 aliphatic carbocycles.